The molecule has 0 amide bonds. The zero-order valence-corrected chi connectivity index (χ0v) is 7.34. The van der Waals surface area contributed by atoms with Crippen LogP contribution in [-0.4, -0.2) is 49.7 Å². The molecule has 0 radical (unpaired) electrons. The molecule has 0 aliphatic rings. The fraction of sp³-hybridized carbons (Fsp3) is 0.429. The molecule has 0 atom stereocenters. The maximum atomic E-state index is 10.8. The largest absolute Gasteiger partial charge is 0.481 e. The Labute approximate surface area is 82.8 Å². The number of hydrogen-bond donors (Lipinski definition) is 4. The number of hydrogen-bond acceptors (Lipinski definition) is 5. The summed E-state index contributed by atoms with van der Waals surface area (Å²) < 4.78 is 0. The molecule has 0 saturated carbocycles. The Morgan fingerprint density at radius 3 is 1.60 bits per heavy atom. The van der Waals surface area contributed by atoms with E-state index in [0.29, 0.717) is 0 Å². The van der Waals surface area contributed by atoms with Crippen molar-refractivity contribution in [2.45, 2.75) is 18.4 Å². The first-order chi connectivity index (χ1) is 6.70. The lowest BCUT2D eigenvalue weighted by atomic mass is 9.96. The molecular formula is C7H8O8. The Balaban J connectivity index is 4.71. The zero-order chi connectivity index (χ0) is 12.2. The molecule has 84 valence electrons. The van der Waals surface area contributed by atoms with E-state index in [9.17, 15) is 19.2 Å². The molecule has 8 heteroatoms. The quantitative estimate of drug-likeness (QED) is 0.387. The molecule has 0 heterocycles. The van der Waals surface area contributed by atoms with E-state index in [4.69, 9.17) is 20.4 Å². The number of ketones is 1. The lowest BCUT2D eigenvalue weighted by molar-refractivity contribution is -0.178. The monoisotopic (exact) mass is 220 g/mol. The second-order valence-electron chi connectivity index (χ2n) is 2.76. The van der Waals surface area contributed by atoms with Gasteiger partial charge in [0, 0.05) is 0 Å². The SMILES string of the molecule is O=C(O)CC(=O)CC(O)(C(=O)O)C(=O)O. The second kappa shape index (κ2) is 4.51. The van der Waals surface area contributed by atoms with Gasteiger partial charge in [-0.05, 0) is 0 Å². The maximum absolute atomic E-state index is 10.8. The molecule has 0 aliphatic carbocycles. The normalized spacial score (nSPS) is 10.7. The van der Waals surface area contributed by atoms with E-state index >= 15 is 0 Å². The minimum absolute atomic E-state index is 1.04. The Kier molecular flexibility index (Phi) is 3.92. The lowest BCUT2D eigenvalue weighted by Crippen LogP contribution is -2.48. The molecule has 0 bridgehead atoms. The van der Waals surface area contributed by atoms with E-state index in [1.54, 1.807) is 0 Å². The summed E-state index contributed by atoms with van der Waals surface area (Å²) in [6.07, 6.45) is -2.33. The van der Waals surface area contributed by atoms with Crippen molar-refractivity contribution in [1.82, 2.24) is 0 Å². The van der Waals surface area contributed by atoms with E-state index < -0.39 is 42.1 Å². The summed E-state index contributed by atoms with van der Waals surface area (Å²) >= 11 is 0. The van der Waals surface area contributed by atoms with Crippen LogP contribution in [0.15, 0.2) is 0 Å². The minimum Gasteiger partial charge on any atom is -0.481 e. The van der Waals surface area contributed by atoms with Gasteiger partial charge in [0.25, 0.3) is 5.60 Å². The van der Waals surface area contributed by atoms with Crippen molar-refractivity contribution in [3.8, 4) is 0 Å². The summed E-state index contributed by atoms with van der Waals surface area (Å²) in [6, 6.07) is 0. The fourth-order valence-corrected chi connectivity index (χ4v) is 0.759. The van der Waals surface area contributed by atoms with Crippen molar-refractivity contribution < 1.29 is 39.6 Å². The molecule has 0 spiro atoms. The minimum atomic E-state index is -3.27. The van der Waals surface area contributed by atoms with Gasteiger partial charge in [-0.3, -0.25) is 9.59 Å². The molecule has 0 aliphatic heterocycles. The average Bonchev–Trinajstić information content (AvgIpc) is 2.01. The third kappa shape index (κ3) is 3.35. The van der Waals surface area contributed by atoms with Crippen LogP contribution >= 0.6 is 0 Å². The first-order valence-electron chi connectivity index (χ1n) is 3.63. The highest BCUT2D eigenvalue weighted by Gasteiger charge is 2.46. The Hall–Kier alpha value is -1.96. The summed E-state index contributed by atoms with van der Waals surface area (Å²) in [4.78, 5) is 41.6. The third-order valence-electron chi connectivity index (χ3n) is 1.51. The predicted molar refractivity (Wildman–Crippen MR) is 42.1 cm³/mol. The first kappa shape index (κ1) is 13.0. The number of carboxylic acid groups (broad SMARTS) is 3. The molecule has 0 saturated heterocycles. The van der Waals surface area contributed by atoms with Gasteiger partial charge < -0.3 is 20.4 Å². The van der Waals surface area contributed by atoms with Crippen LogP contribution in [0, 0.1) is 0 Å². The van der Waals surface area contributed by atoms with Crippen molar-refractivity contribution in [1.29, 1.82) is 0 Å². The predicted octanol–water partition coefficient (Wildman–Crippen LogP) is -1.68. The number of carbonyl (C=O) groups excluding carboxylic acids is 1. The Bertz CT molecular complexity index is 303. The summed E-state index contributed by atoms with van der Waals surface area (Å²) in [5.74, 6) is -6.95. The van der Waals surface area contributed by atoms with Crippen LogP contribution in [0.5, 0.6) is 0 Å². The summed E-state index contributed by atoms with van der Waals surface area (Å²) in [5.41, 5.74) is -3.27. The van der Waals surface area contributed by atoms with Gasteiger partial charge in [0.15, 0.2) is 0 Å². The number of rotatable bonds is 6. The molecule has 0 aromatic carbocycles. The van der Waals surface area contributed by atoms with Crippen LogP contribution in [0.25, 0.3) is 0 Å². The van der Waals surface area contributed by atoms with Crippen molar-refractivity contribution in [2.75, 3.05) is 0 Å². The van der Waals surface area contributed by atoms with Crippen molar-refractivity contribution >= 4 is 23.7 Å². The van der Waals surface area contributed by atoms with Gasteiger partial charge in [0.2, 0.25) is 0 Å². The Morgan fingerprint density at radius 2 is 1.33 bits per heavy atom. The topological polar surface area (TPSA) is 149 Å². The number of Topliss-reactive ketones (excluding diaryl/α,β-unsaturated/α-hetero) is 1. The van der Waals surface area contributed by atoms with E-state index in [0.717, 1.165) is 0 Å². The van der Waals surface area contributed by atoms with E-state index in [-0.39, 0.29) is 0 Å². The van der Waals surface area contributed by atoms with Gasteiger partial charge in [0.1, 0.15) is 12.2 Å². The highest BCUT2D eigenvalue weighted by molar-refractivity contribution is 6.07. The van der Waals surface area contributed by atoms with Crippen LogP contribution in [0.2, 0.25) is 0 Å². The van der Waals surface area contributed by atoms with E-state index in [1.165, 1.54) is 0 Å². The molecule has 0 aromatic heterocycles. The number of carboxylic acids is 3. The summed E-state index contributed by atoms with van der Waals surface area (Å²) in [6.45, 7) is 0. The van der Waals surface area contributed by atoms with Crippen molar-refractivity contribution in [3.63, 3.8) is 0 Å². The lowest BCUT2D eigenvalue weighted by Gasteiger charge is -2.16. The highest BCUT2D eigenvalue weighted by atomic mass is 16.4. The molecular weight excluding hydrogens is 212 g/mol. The van der Waals surface area contributed by atoms with Crippen molar-refractivity contribution in [2.24, 2.45) is 0 Å². The van der Waals surface area contributed by atoms with Gasteiger partial charge in [-0.2, -0.15) is 0 Å². The standard InChI is InChI=1S/C7H8O8/c8-3(1-4(9)10)2-7(15,5(11)12)6(13)14/h15H,1-2H2,(H,9,10)(H,11,12)(H,13,14). The molecule has 8 nitrogen and oxygen atoms in total. The van der Waals surface area contributed by atoms with Gasteiger partial charge >= 0.3 is 17.9 Å². The van der Waals surface area contributed by atoms with Crippen LogP contribution in [-0.2, 0) is 19.2 Å². The molecule has 15 heavy (non-hydrogen) atoms. The zero-order valence-electron chi connectivity index (χ0n) is 7.34. The molecule has 0 fully saturated rings. The van der Waals surface area contributed by atoms with Gasteiger partial charge in [0.05, 0.1) is 6.42 Å². The van der Waals surface area contributed by atoms with E-state index in [1.807, 2.05) is 0 Å². The molecule has 0 unspecified atom stereocenters. The third-order valence-corrected chi connectivity index (χ3v) is 1.51. The van der Waals surface area contributed by atoms with Crippen LogP contribution in [0.4, 0.5) is 0 Å². The first-order valence-corrected chi connectivity index (χ1v) is 3.63. The van der Waals surface area contributed by atoms with Crippen LogP contribution in [0.1, 0.15) is 12.8 Å². The van der Waals surface area contributed by atoms with Crippen LogP contribution < -0.4 is 0 Å². The Morgan fingerprint density at radius 1 is 0.933 bits per heavy atom. The number of carbonyl (C=O) groups is 4. The number of aliphatic hydroxyl groups is 1. The van der Waals surface area contributed by atoms with Gasteiger partial charge in [-0.25, -0.2) is 9.59 Å². The molecule has 0 rings (SSSR count). The van der Waals surface area contributed by atoms with Gasteiger partial charge in [-0.1, -0.05) is 0 Å². The number of aliphatic carboxylic acids is 3. The second-order valence-corrected chi connectivity index (χ2v) is 2.76. The summed E-state index contributed by atoms with van der Waals surface area (Å²) in [7, 11) is 0. The molecule has 0 aromatic rings. The van der Waals surface area contributed by atoms with E-state index in [2.05, 4.69) is 0 Å². The highest BCUT2D eigenvalue weighted by Crippen LogP contribution is 2.13. The fourth-order valence-electron chi connectivity index (χ4n) is 0.759. The maximum Gasteiger partial charge on any atom is 0.348 e. The smallest absolute Gasteiger partial charge is 0.348 e. The van der Waals surface area contributed by atoms with Gasteiger partial charge in [-0.15, -0.1) is 0 Å². The van der Waals surface area contributed by atoms with Crippen molar-refractivity contribution in [3.05, 3.63) is 0 Å². The molecule has 4 N–H and O–H groups in total. The average molecular weight is 220 g/mol. The summed E-state index contributed by atoms with van der Waals surface area (Å²) in [5, 5.41) is 33.9. The van der Waals surface area contributed by atoms with Crippen LogP contribution in [0.3, 0.4) is 0 Å².